The van der Waals surface area contributed by atoms with E-state index in [0.717, 1.165) is 45.2 Å². The second-order valence-corrected chi connectivity index (χ2v) is 20.6. The number of esters is 1. The first-order valence-corrected chi connectivity index (χ1v) is 20.2. The van der Waals surface area contributed by atoms with Crippen LogP contribution in [0.2, 0.25) is 0 Å². The molecular weight excluding hydrogens is 624 g/mol. The minimum Gasteiger partial charge on any atom is -0.481 e. The van der Waals surface area contributed by atoms with E-state index in [1.807, 2.05) is 20.9 Å². The molecule has 0 unspecified atom stereocenters. The predicted molar refractivity (Wildman–Crippen MR) is 198 cm³/mol. The number of nitrogens with one attached hydrogen (secondary N) is 1. The summed E-state index contributed by atoms with van der Waals surface area (Å²) in [5.41, 5.74) is 1.24. The van der Waals surface area contributed by atoms with Crippen LogP contribution in [0.15, 0.2) is 12.2 Å². The van der Waals surface area contributed by atoms with Crippen molar-refractivity contribution in [2.45, 2.75) is 157 Å². The summed E-state index contributed by atoms with van der Waals surface area (Å²) < 4.78 is 6.28. The second-order valence-electron chi connectivity index (χ2n) is 20.6. The molecule has 1 heterocycles. The highest BCUT2D eigenvalue weighted by Crippen LogP contribution is 2.78. The fourth-order valence-electron chi connectivity index (χ4n) is 14.5. The van der Waals surface area contributed by atoms with Crippen LogP contribution < -0.4 is 5.32 Å². The van der Waals surface area contributed by atoms with Gasteiger partial charge in [-0.25, -0.2) is 0 Å². The number of carbonyl (C=O) groups is 3. The first kappa shape index (κ1) is 37.9. The van der Waals surface area contributed by atoms with Crippen LogP contribution in [0, 0.1) is 62.1 Å². The molecule has 6 rings (SSSR count). The molecule has 6 aliphatic rings. The molecule has 1 aliphatic heterocycles. The van der Waals surface area contributed by atoms with Crippen molar-refractivity contribution in [3.8, 4) is 0 Å². The molecule has 0 bridgehead atoms. The van der Waals surface area contributed by atoms with Crippen molar-refractivity contribution in [2.24, 2.45) is 62.1 Å². The fourth-order valence-corrected chi connectivity index (χ4v) is 14.5. The van der Waals surface area contributed by atoms with E-state index >= 15 is 0 Å². The third-order valence-corrected chi connectivity index (χ3v) is 17.2. The van der Waals surface area contributed by atoms with E-state index in [0.29, 0.717) is 48.0 Å². The summed E-state index contributed by atoms with van der Waals surface area (Å²) in [5, 5.41) is 12.7. The first-order chi connectivity index (χ1) is 23.2. The van der Waals surface area contributed by atoms with Crippen LogP contribution in [0.1, 0.15) is 145 Å². The van der Waals surface area contributed by atoms with Crippen molar-refractivity contribution in [1.82, 2.24) is 10.2 Å². The van der Waals surface area contributed by atoms with E-state index in [9.17, 15) is 19.5 Å². The minimum absolute atomic E-state index is 0.0438. The maximum absolute atomic E-state index is 14.0. The van der Waals surface area contributed by atoms with E-state index in [2.05, 4.69) is 58.3 Å². The fraction of sp³-hybridized carbons (Fsp3) is 0.884. The summed E-state index contributed by atoms with van der Waals surface area (Å²) in [5.74, 6) is 1.97. The molecule has 1 amide bonds. The normalized spacial score (nSPS) is 43.6. The monoisotopic (exact) mass is 695 g/mol. The third-order valence-electron chi connectivity index (χ3n) is 17.2. The summed E-state index contributed by atoms with van der Waals surface area (Å²) >= 11 is 0. The molecule has 5 aliphatic carbocycles. The van der Waals surface area contributed by atoms with Crippen molar-refractivity contribution in [3.63, 3.8) is 0 Å². The van der Waals surface area contributed by atoms with Gasteiger partial charge in [0.1, 0.15) is 6.10 Å². The first-order valence-electron chi connectivity index (χ1n) is 20.2. The lowest BCUT2D eigenvalue weighted by Gasteiger charge is -2.73. The van der Waals surface area contributed by atoms with E-state index in [1.54, 1.807) is 0 Å². The zero-order valence-electron chi connectivity index (χ0n) is 33.1. The van der Waals surface area contributed by atoms with Gasteiger partial charge in [-0.3, -0.25) is 14.4 Å². The van der Waals surface area contributed by atoms with Crippen LogP contribution in [0.3, 0.4) is 0 Å². The van der Waals surface area contributed by atoms with Gasteiger partial charge in [-0.1, -0.05) is 60.6 Å². The molecule has 7 heteroatoms. The third kappa shape index (κ3) is 5.99. The number of allylic oxidation sites excluding steroid dienone is 1. The Kier molecular flexibility index (Phi) is 9.77. The largest absolute Gasteiger partial charge is 0.481 e. The molecule has 50 heavy (non-hydrogen) atoms. The maximum Gasteiger partial charge on any atom is 0.306 e. The van der Waals surface area contributed by atoms with E-state index in [-0.39, 0.29) is 52.0 Å². The molecule has 0 aromatic carbocycles. The van der Waals surface area contributed by atoms with Gasteiger partial charge < -0.3 is 20.1 Å². The molecule has 6 fully saturated rings. The Morgan fingerprint density at radius 2 is 1.60 bits per heavy atom. The second kappa shape index (κ2) is 12.9. The highest BCUT2D eigenvalue weighted by Gasteiger charge is 2.71. The molecule has 11 atom stereocenters. The lowest BCUT2D eigenvalue weighted by molar-refractivity contribution is -0.250. The number of ether oxygens (including phenoxy) is 1. The minimum atomic E-state index is -0.879. The van der Waals surface area contributed by atoms with Crippen LogP contribution in [0.5, 0.6) is 0 Å². The Hall–Kier alpha value is -1.89. The van der Waals surface area contributed by atoms with Crippen LogP contribution in [-0.2, 0) is 19.1 Å². The lowest BCUT2D eigenvalue weighted by atomic mass is 9.32. The summed E-state index contributed by atoms with van der Waals surface area (Å²) in [6.45, 7) is 24.8. The SMILES string of the molecule is C=C(C)[C@@H]1CC[C@]2(CC(=O)N3CC[C@H](NC)C3)CC[C@]3(C)[C@H](CC[C@@H]4[C@@]5(C)CC[C@H](OC(=O)CC(C)(C)CC(=O)O)C(C)(C)[C@@H]5CC[C@]43C)[C@@H]12. The molecule has 0 spiro atoms. The van der Waals surface area contributed by atoms with Crippen molar-refractivity contribution in [1.29, 1.82) is 0 Å². The van der Waals surface area contributed by atoms with Crippen LogP contribution in [-0.4, -0.2) is 60.1 Å². The zero-order valence-corrected chi connectivity index (χ0v) is 33.1. The molecule has 0 aromatic rings. The topological polar surface area (TPSA) is 95.9 Å². The number of carboxylic acids is 1. The number of likely N-dealkylation sites (tertiary alicyclic amines) is 1. The summed E-state index contributed by atoms with van der Waals surface area (Å²) in [7, 11) is 2.02. The summed E-state index contributed by atoms with van der Waals surface area (Å²) in [6, 6.07) is 0.420. The van der Waals surface area contributed by atoms with Crippen molar-refractivity contribution >= 4 is 17.8 Å². The van der Waals surface area contributed by atoms with E-state index in [1.165, 1.54) is 44.1 Å². The van der Waals surface area contributed by atoms with Gasteiger partial charge in [-0.05, 0) is 141 Å². The Balaban J connectivity index is 1.23. The summed E-state index contributed by atoms with van der Waals surface area (Å²) in [4.78, 5) is 40.8. The molecule has 282 valence electrons. The predicted octanol–water partition coefficient (Wildman–Crippen LogP) is 8.66. The number of rotatable bonds is 9. The van der Waals surface area contributed by atoms with Crippen LogP contribution >= 0.6 is 0 Å². The molecular formula is C43H70N2O5. The van der Waals surface area contributed by atoms with Crippen molar-refractivity contribution < 1.29 is 24.2 Å². The van der Waals surface area contributed by atoms with Gasteiger partial charge in [0.2, 0.25) is 5.91 Å². The zero-order chi connectivity index (χ0) is 36.7. The number of hydrogen-bond donors (Lipinski definition) is 2. The number of carboxylic acid groups (broad SMARTS) is 1. The van der Waals surface area contributed by atoms with Crippen molar-refractivity contribution in [2.75, 3.05) is 20.1 Å². The van der Waals surface area contributed by atoms with Gasteiger partial charge in [0.05, 0.1) is 12.8 Å². The standard InChI is InChI=1S/C43H70N2O5/c1-27(2)29-13-19-43(23-34(46)45-22-16-28(26-45)44-10)21-20-41(8)30(37(29)43)11-12-32-40(7)17-15-33(39(5,6)31(40)14-18-42(32,41)9)50-36(49)25-38(3,4)24-35(47)48/h28-33,37,44H,1,11-26H2,2-10H3,(H,47,48)/t28-,29-,30+,31-,32+,33-,37+,40-,41+,42+,43+/m0/s1. The Bertz CT molecular complexity index is 1370. The Morgan fingerprint density at radius 3 is 2.24 bits per heavy atom. The number of aliphatic carboxylic acids is 1. The number of likely N-dealkylation sites (N-methyl/N-ethyl adjacent to an activating group) is 1. The van der Waals surface area contributed by atoms with Gasteiger partial charge in [0.15, 0.2) is 0 Å². The number of hydrogen-bond acceptors (Lipinski definition) is 5. The van der Waals surface area contributed by atoms with Gasteiger partial charge in [0, 0.05) is 31.0 Å². The highest BCUT2D eigenvalue weighted by atomic mass is 16.5. The van der Waals surface area contributed by atoms with Crippen LogP contribution in [0.4, 0.5) is 0 Å². The molecule has 1 saturated heterocycles. The number of fused-ring (bicyclic) bond motifs is 7. The highest BCUT2D eigenvalue weighted by molar-refractivity contribution is 5.77. The Labute approximate surface area is 303 Å². The average Bonchev–Trinajstić information content (AvgIpc) is 3.64. The molecule has 2 N–H and O–H groups in total. The summed E-state index contributed by atoms with van der Waals surface area (Å²) in [6.07, 6.45) is 13.2. The number of carbonyl (C=O) groups excluding carboxylic acids is 2. The van der Waals surface area contributed by atoms with E-state index in [4.69, 9.17) is 4.74 Å². The van der Waals surface area contributed by atoms with E-state index < -0.39 is 11.4 Å². The smallest absolute Gasteiger partial charge is 0.306 e. The van der Waals surface area contributed by atoms with Gasteiger partial charge in [-0.2, -0.15) is 0 Å². The Morgan fingerprint density at radius 1 is 0.880 bits per heavy atom. The molecule has 0 aromatic heterocycles. The van der Waals surface area contributed by atoms with Crippen LogP contribution in [0.25, 0.3) is 0 Å². The van der Waals surface area contributed by atoms with Gasteiger partial charge >= 0.3 is 11.9 Å². The molecule has 7 nitrogen and oxygen atoms in total. The van der Waals surface area contributed by atoms with Crippen molar-refractivity contribution in [3.05, 3.63) is 12.2 Å². The van der Waals surface area contributed by atoms with Gasteiger partial charge in [0.25, 0.3) is 0 Å². The van der Waals surface area contributed by atoms with Gasteiger partial charge in [-0.15, -0.1) is 0 Å². The molecule has 0 radical (unpaired) electrons. The maximum atomic E-state index is 14.0. The lowest BCUT2D eigenvalue weighted by Crippen LogP contribution is -2.67. The quantitative estimate of drug-likeness (QED) is 0.185. The number of nitrogens with zero attached hydrogens (tertiary/aromatic N) is 1. The number of amides is 1. The molecule has 5 saturated carbocycles. The average molecular weight is 695 g/mol.